The second-order valence-corrected chi connectivity index (χ2v) is 4.26. The van der Waals surface area contributed by atoms with E-state index in [4.69, 9.17) is 9.84 Å². The summed E-state index contributed by atoms with van der Waals surface area (Å²) in [4.78, 5) is 10.5. The first kappa shape index (κ1) is 12.2. The standard InChI is InChI=1S/C14H11N3O3/c18-14(19)8-20-12-4-3-9-5-11(2-1-10(9)6-12)13-7-15-17-16-13/h1-7H,8H2,(H,18,19)(H,15,16,17). The lowest BCUT2D eigenvalue weighted by atomic mass is 10.1. The van der Waals surface area contributed by atoms with E-state index >= 15 is 0 Å². The number of H-pyrrole nitrogens is 1. The number of nitrogens with zero attached hydrogens (tertiary/aromatic N) is 2. The van der Waals surface area contributed by atoms with Gasteiger partial charge in [0.15, 0.2) is 6.61 Å². The summed E-state index contributed by atoms with van der Waals surface area (Å²) in [6.07, 6.45) is 1.66. The Bertz CT molecular complexity index is 753. The third-order valence-electron chi connectivity index (χ3n) is 2.88. The van der Waals surface area contributed by atoms with Gasteiger partial charge in [0.1, 0.15) is 11.4 Å². The summed E-state index contributed by atoms with van der Waals surface area (Å²) in [7, 11) is 0. The van der Waals surface area contributed by atoms with E-state index in [2.05, 4.69) is 15.4 Å². The number of aromatic amines is 1. The smallest absolute Gasteiger partial charge is 0.341 e. The van der Waals surface area contributed by atoms with Crippen LogP contribution in [0.15, 0.2) is 42.6 Å². The molecule has 0 spiro atoms. The number of hydrogen-bond donors (Lipinski definition) is 2. The normalized spacial score (nSPS) is 10.6. The number of aromatic nitrogens is 3. The summed E-state index contributed by atoms with van der Waals surface area (Å²) < 4.78 is 5.15. The van der Waals surface area contributed by atoms with Gasteiger partial charge in [0.05, 0.1) is 6.20 Å². The van der Waals surface area contributed by atoms with Gasteiger partial charge in [-0.3, -0.25) is 0 Å². The topological polar surface area (TPSA) is 88.1 Å². The van der Waals surface area contributed by atoms with Gasteiger partial charge in [-0.25, -0.2) is 4.79 Å². The number of ether oxygens (including phenoxy) is 1. The van der Waals surface area contributed by atoms with Crippen LogP contribution in [0.25, 0.3) is 22.0 Å². The zero-order chi connectivity index (χ0) is 13.9. The van der Waals surface area contributed by atoms with Gasteiger partial charge in [-0.15, -0.1) is 0 Å². The molecule has 0 atom stereocenters. The Kier molecular flexibility index (Phi) is 3.04. The predicted octanol–water partition coefficient (Wildman–Crippen LogP) is 2.09. The first-order chi connectivity index (χ1) is 9.72. The molecule has 0 bridgehead atoms. The number of hydrogen-bond acceptors (Lipinski definition) is 4. The van der Waals surface area contributed by atoms with Gasteiger partial charge in [0.25, 0.3) is 0 Å². The van der Waals surface area contributed by atoms with Crippen LogP contribution < -0.4 is 4.74 Å². The molecule has 2 N–H and O–H groups in total. The van der Waals surface area contributed by atoms with E-state index in [0.717, 1.165) is 22.0 Å². The molecule has 0 unspecified atom stereocenters. The maximum absolute atomic E-state index is 10.5. The molecule has 0 aliphatic heterocycles. The van der Waals surface area contributed by atoms with Crippen LogP contribution in [0.2, 0.25) is 0 Å². The molecule has 100 valence electrons. The number of benzene rings is 2. The van der Waals surface area contributed by atoms with Gasteiger partial charge in [-0.05, 0) is 29.0 Å². The lowest BCUT2D eigenvalue weighted by Gasteiger charge is -2.06. The second kappa shape index (κ2) is 5.00. The van der Waals surface area contributed by atoms with Gasteiger partial charge in [0, 0.05) is 5.56 Å². The summed E-state index contributed by atoms with van der Waals surface area (Å²) >= 11 is 0. The minimum Gasteiger partial charge on any atom is -0.482 e. The van der Waals surface area contributed by atoms with Crippen LogP contribution in [-0.4, -0.2) is 33.1 Å². The van der Waals surface area contributed by atoms with Crippen molar-refractivity contribution in [1.29, 1.82) is 0 Å². The predicted molar refractivity (Wildman–Crippen MR) is 72.5 cm³/mol. The molecule has 0 fully saturated rings. The van der Waals surface area contributed by atoms with Crippen molar-refractivity contribution in [3.05, 3.63) is 42.6 Å². The number of carboxylic acid groups (broad SMARTS) is 1. The van der Waals surface area contributed by atoms with E-state index in [1.165, 1.54) is 0 Å². The lowest BCUT2D eigenvalue weighted by molar-refractivity contribution is -0.139. The van der Waals surface area contributed by atoms with Crippen molar-refractivity contribution >= 4 is 16.7 Å². The van der Waals surface area contributed by atoms with E-state index in [-0.39, 0.29) is 6.61 Å². The van der Waals surface area contributed by atoms with E-state index in [9.17, 15) is 4.79 Å². The van der Waals surface area contributed by atoms with Crippen LogP contribution in [-0.2, 0) is 4.79 Å². The molecule has 2 aromatic carbocycles. The molecule has 1 heterocycles. The van der Waals surface area contributed by atoms with Crippen molar-refractivity contribution in [2.45, 2.75) is 0 Å². The summed E-state index contributed by atoms with van der Waals surface area (Å²) in [5.41, 5.74) is 1.74. The zero-order valence-corrected chi connectivity index (χ0v) is 10.4. The molecule has 0 amide bonds. The minimum absolute atomic E-state index is 0.345. The Morgan fingerprint density at radius 2 is 2.00 bits per heavy atom. The Hall–Kier alpha value is -2.89. The molecule has 3 rings (SSSR count). The summed E-state index contributed by atoms with van der Waals surface area (Å²) in [6.45, 7) is -0.345. The molecule has 1 aromatic heterocycles. The van der Waals surface area contributed by atoms with E-state index < -0.39 is 5.97 Å². The molecule has 0 aliphatic rings. The number of aliphatic carboxylic acids is 1. The molecule has 6 heteroatoms. The van der Waals surface area contributed by atoms with Crippen molar-refractivity contribution < 1.29 is 14.6 Å². The van der Waals surface area contributed by atoms with Gasteiger partial charge in [0.2, 0.25) is 0 Å². The molecule has 0 saturated heterocycles. The fourth-order valence-corrected chi connectivity index (χ4v) is 1.96. The van der Waals surface area contributed by atoms with Crippen molar-refractivity contribution in [2.75, 3.05) is 6.61 Å². The number of fused-ring (bicyclic) bond motifs is 1. The zero-order valence-electron chi connectivity index (χ0n) is 10.4. The largest absolute Gasteiger partial charge is 0.482 e. The highest BCUT2D eigenvalue weighted by atomic mass is 16.5. The van der Waals surface area contributed by atoms with Crippen LogP contribution >= 0.6 is 0 Å². The van der Waals surface area contributed by atoms with Crippen molar-refractivity contribution in [2.24, 2.45) is 0 Å². The van der Waals surface area contributed by atoms with Gasteiger partial charge in [-0.1, -0.05) is 18.2 Å². The van der Waals surface area contributed by atoms with Crippen LogP contribution in [0.4, 0.5) is 0 Å². The quantitative estimate of drug-likeness (QED) is 0.757. The highest BCUT2D eigenvalue weighted by molar-refractivity contribution is 5.87. The fraction of sp³-hybridized carbons (Fsp3) is 0.0714. The van der Waals surface area contributed by atoms with Gasteiger partial charge >= 0.3 is 5.97 Å². The highest BCUT2D eigenvalue weighted by Crippen LogP contribution is 2.25. The van der Waals surface area contributed by atoms with Gasteiger partial charge in [-0.2, -0.15) is 15.4 Å². The summed E-state index contributed by atoms with van der Waals surface area (Å²) in [5.74, 6) is -0.458. The van der Waals surface area contributed by atoms with Crippen molar-refractivity contribution in [3.8, 4) is 17.0 Å². The van der Waals surface area contributed by atoms with Gasteiger partial charge < -0.3 is 9.84 Å². The maximum atomic E-state index is 10.5. The Labute approximate surface area is 114 Å². The highest BCUT2D eigenvalue weighted by Gasteiger charge is 2.04. The van der Waals surface area contributed by atoms with E-state index in [1.807, 2.05) is 30.3 Å². The summed E-state index contributed by atoms with van der Waals surface area (Å²) in [6, 6.07) is 11.3. The molecule has 3 aromatic rings. The molecule has 0 aliphatic carbocycles. The Morgan fingerprint density at radius 3 is 2.75 bits per heavy atom. The van der Waals surface area contributed by atoms with E-state index in [1.54, 1.807) is 12.3 Å². The van der Waals surface area contributed by atoms with Crippen LogP contribution in [0.3, 0.4) is 0 Å². The molecule has 6 nitrogen and oxygen atoms in total. The molecular weight excluding hydrogens is 258 g/mol. The fourth-order valence-electron chi connectivity index (χ4n) is 1.96. The number of carbonyl (C=O) groups is 1. The third-order valence-corrected chi connectivity index (χ3v) is 2.88. The SMILES string of the molecule is O=C(O)COc1ccc2cc(-c3cn[nH]n3)ccc2c1. The van der Waals surface area contributed by atoms with Crippen LogP contribution in [0, 0.1) is 0 Å². The monoisotopic (exact) mass is 269 g/mol. The number of nitrogens with one attached hydrogen (secondary N) is 1. The summed E-state index contributed by atoms with van der Waals surface area (Å²) in [5, 5.41) is 21.0. The minimum atomic E-state index is -0.994. The Morgan fingerprint density at radius 1 is 1.20 bits per heavy atom. The first-order valence-electron chi connectivity index (χ1n) is 5.97. The third kappa shape index (κ3) is 2.44. The lowest BCUT2D eigenvalue weighted by Crippen LogP contribution is -2.09. The van der Waals surface area contributed by atoms with Crippen molar-refractivity contribution in [1.82, 2.24) is 15.4 Å². The second-order valence-electron chi connectivity index (χ2n) is 4.26. The Balaban J connectivity index is 1.93. The average Bonchev–Trinajstić information content (AvgIpc) is 2.98. The first-order valence-corrected chi connectivity index (χ1v) is 5.97. The maximum Gasteiger partial charge on any atom is 0.341 e. The molecular formula is C14H11N3O3. The molecule has 20 heavy (non-hydrogen) atoms. The molecule has 0 saturated carbocycles. The van der Waals surface area contributed by atoms with Crippen LogP contribution in [0.1, 0.15) is 0 Å². The van der Waals surface area contributed by atoms with Crippen LogP contribution in [0.5, 0.6) is 5.75 Å². The van der Waals surface area contributed by atoms with Crippen molar-refractivity contribution in [3.63, 3.8) is 0 Å². The van der Waals surface area contributed by atoms with E-state index in [0.29, 0.717) is 5.75 Å². The number of carboxylic acids is 1. The number of rotatable bonds is 4. The average molecular weight is 269 g/mol. The molecule has 0 radical (unpaired) electrons.